The molecule has 1 heterocycles. The summed E-state index contributed by atoms with van der Waals surface area (Å²) < 4.78 is 0. The van der Waals surface area contributed by atoms with Gasteiger partial charge in [-0.05, 0) is 24.3 Å². The molecule has 1 N–H and O–H groups in total. The third kappa shape index (κ3) is 2.36. The molecule has 3 nitrogen and oxygen atoms in total. The van der Waals surface area contributed by atoms with Crippen molar-refractivity contribution in [3.63, 3.8) is 0 Å². The monoisotopic (exact) mass is 223 g/mol. The van der Waals surface area contributed by atoms with Crippen molar-refractivity contribution in [2.24, 2.45) is 0 Å². The highest BCUT2D eigenvalue weighted by molar-refractivity contribution is 6.30. The van der Waals surface area contributed by atoms with Crippen LogP contribution in [0, 0.1) is 0 Å². The van der Waals surface area contributed by atoms with E-state index in [1.807, 2.05) is 0 Å². The number of benzene rings is 1. The second-order valence-electron chi connectivity index (χ2n) is 3.60. The molecule has 1 aliphatic rings. The van der Waals surface area contributed by atoms with Crippen molar-refractivity contribution in [3.05, 3.63) is 34.9 Å². The summed E-state index contributed by atoms with van der Waals surface area (Å²) in [5.74, 6) is 0.0561. The molecule has 4 heteroatoms. The number of hydrogen-bond acceptors (Lipinski definition) is 2. The Balaban J connectivity index is 1.96. The number of nitrogens with one attached hydrogen (secondary N) is 1. The van der Waals surface area contributed by atoms with Crippen molar-refractivity contribution in [1.82, 2.24) is 5.32 Å². The van der Waals surface area contributed by atoms with Gasteiger partial charge in [0.25, 0.3) is 0 Å². The Morgan fingerprint density at radius 3 is 2.53 bits per heavy atom. The van der Waals surface area contributed by atoms with Crippen LogP contribution in [0.5, 0.6) is 0 Å². The van der Waals surface area contributed by atoms with Gasteiger partial charge in [-0.25, -0.2) is 0 Å². The Morgan fingerprint density at radius 1 is 1.40 bits per heavy atom. The molecule has 1 aromatic carbocycles. The highest BCUT2D eigenvalue weighted by Gasteiger charge is 2.27. The predicted molar refractivity (Wildman–Crippen MR) is 56.9 cm³/mol. The summed E-state index contributed by atoms with van der Waals surface area (Å²) in [5.41, 5.74) is 0.639. The Morgan fingerprint density at radius 2 is 2.00 bits per heavy atom. The summed E-state index contributed by atoms with van der Waals surface area (Å²) in [7, 11) is 0. The first-order valence-corrected chi connectivity index (χ1v) is 5.11. The fourth-order valence-electron chi connectivity index (χ4n) is 1.53. The van der Waals surface area contributed by atoms with Gasteiger partial charge in [-0.3, -0.25) is 9.59 Å². The lowest BCUT2D eigenvalue weighted by molar-refractivity contribution is -0.127. The van der Waals surface area contributed by atoms with Crippen LogP contribution < -0.4 is 5.32 Å². The van der Waals surface area contributed by atoms with Gasteiger partial charge in [0.1, 0.15) is 0 Å². The van der Waals surface area contributed by atoms with Crippen LogP contribution in [0.4, 0.5) is 0 Å². The Labute approximate surface area is 92.4 Å². The molecule has 0 aliphatic carbocycles. The topological polar surface area (TPSA) is 46.2 Å². The maximum Gasteiger partial charge on any atom is 0.222 e. The van der Waals surface area contributed by atoms with Crippen molar-refractivity contribution in [1.29, 1.82) is 0 Å². The van der Waals surface area contributed by atoms with Crippen LogP contribution in [0.2, 0.25) is 5.02 Å². The van der Waals surface area contributed by atoms with Gasteiger partial charge >= 0.3 is 0 Å². The normalized spacial score (nSPS) is 19.3. The molecule has 0 aromatic heterocycles. The molecular weight excluding hydrogens is 214 g/mol. The average molecular weight is 224 g/mol. The van der Waals surface area contributed by atoms with Gasteiger partial charge in [0.15, 0.2) is 5.78 Å². The molecule has 0 bridgehead atoms. The molecule has 2 rings (SSSR count). The molecule has 0 spiro atoms. The second-order valence-corrected chi connectivity index (χ2v) is 4.04. The third-order valence-electron chi connectivity index (χ3n) is 2.39. The van der Waals surface area contributed by atoms with Crippen LogP contribution in [-0.2, 0) is 4.79 Å². The van der Waals surface area contributed by atoms with Crippen LogP contribution in [0.1, 0.15) is 23.2 Å². The number of rotatable bonds is 3. The molecule has 0 radical (unpaired) electrons. The first kappa shape index (κ1) is 10.2. The molecule has 1 amide bonds. The SMILES string of the molecule is O=C1CC(CC(=O)c2ccc(Cl)cc2)N1. The minimum absolute atomic E-state index is 0.0145. The van der Waals surface area contributed by atoms with Gasteiger partial charge in [0, 0.05) is 29.5 Å². The first-order chi connectivity index (χ1) is 7.15. The van der Waals surface area contributed by atoms with E-state index in [0.717, 1.165) is 0 Å². The first-order valence-electron chi connectivity index (χ1n) is 4.73. The number of carbonyl (C=O) groups excluding carboxylic acids is 2. The average Bonchev–Trinajstić information content (AvgIpc) is 2.16. The molecule has 15 heavy (non-hydrogen) atoms. The minimum Gasteiger partial charge on any atom is -0.352 e. The van der Waals surface area contributed by atoms with Crippen LogP contribution >= 0.6 is 11.6 Å². The van der Waals surface area contributed by atoms with E-state index in [4.69, 9.17) is 11.6 Å². The number of amides is 1. The number of hydrogen-bond donors (Lipinski definition) is 1. The van der Waals surface area contributed by atoms with E-state index in [1.165, 1.54) is 0 Å². The van der Waals surface area contributed by atoms with Gasteiger partial charge in [0.05, 0.1) is 0 Å². The smallest absolute Gasteiger partial charge is 0.222 e. The van der Waals surface area contributed by atoms with Gasteiger partial charge in [-0.2, -0.15) is 0 Å². The quantitative estimate of drug-likeness (QED) is 0.628. The van der Waals surface area contributed by atoms with Gasteiger partial charge in [0.2, 0.25) is 5.91 Å². The lowest BCUT2D eigenvalue weighted by Crippen LogP contribution is -2.49. The number of carbonyl (C=O) groups is 2. The highest BCUT2D eigenvalue weighted by atomic mass is 35.5. The molecule has 78 valence electrons. The van der Waals surface area contributed by atoms with Crippen molar-refractivity contribution < 1.29 is 9.59 Å². The molecule has 1 saturated heterocycles. The fourth-order valence-corrected chi connectivity index (χ4v) is 1.66. The summed E-state index contributed by atoms with van der Waals surface area (Å²) in [6.07, 6.45) is 0.826. The highest BCUT2D eigenvalue weighted by Crippen LogP contribution is 2.15. The van der Waals surface area contributed by atoms with Crippen molar-refractivity contribution in [2.45, 2.75) is 18.9 Å². The molecule has 1 unspecified atom stereocenters. The molecule has 1 aliphatic heterocycles. The Hall–Kier alpha value is -1.35. The van der Waals surface area contributed by atoms with E-state index in [1.54, 1.807) is 24.3 Å². The van der Waals surface area contributed by atoms with Crippen LogP contribution in [-0.4, -0.2) is 17.7 Å². The van der Waals surface area contributed by atoms with E-state index in [0.29, 0.717) is 23.4 Å². The fraction of sp³-hybridized carbons (Fsp3) is 0.273. The molecular formula is C11H10ClNO2. The third-order valence-corrected chi connectivity index (χ3v) is 2.65. The van der Waals surface area contributed by atoms with Crippen LogP contribution in [0.15, 0.2) is 24.3 Å². The van der Waals surface area contributed by atoms with E-state index in [-0.39, 0.29) is 17.7 Å². The lowest BCUT2D eigenvalue weighted by atomic mass is 9.97. The standard InChI is InChI=1S/C11H10ClNO2/c12-8-3-1-7(2-4-8)10(14)5-9-6-11(15)13-9/h1-4,9H,5-6H2,(H,13,15). The zero-order valence-corrected chi connectivity index (χ0v) is 8.75. The summed E-state index contributed by atoms with van der Waals surface area (Å²) >= 11 is 5.71. The summed E-state index contributed by atoms with van der Waals surface area (Å²) in [6.45, 7) is 0. The van der Waals surface area contributed by atoms with E-state index in [2.05, 4.69) is 5.32 Å². The number of halogens is 1. The molecule has 1 aromatic rings. The predicted octanol–water partition coefficient (Wildman–Crippen LogP) is 1.80. The lowest BCUT2D eigenvalue weighted by Gasteiger charge is -2.26. The van der Waals surface area contributed by atoms with Crippen molar-refractivity contribution in [3.8, 4) is 0 Å². The summed E-state index contributed by atoms with van der Waals surface area (Å²) in [4.78, 5) is 22.3. The maximum absolute atomic E-state index is 11.7. The van der Waals surface area contributed by atoms with Gasteiger partial charge < -0.3 is 5.32 Å². The maximum atomic E-state index is 11.7. The number of β-lactam (4-membered cyclic amide) rings is 1. The van der Waals surface area contributed by atoms with Gasteiger partial charge in [-0.1, -0.05) is 11.6 Å². The van der Waals surface area contributed by atoms with Crippen LogP contribution in [0.25, 0.3) is 0 Å². The zero-order valence-electron chi connectivity index (χ0n) is 8.00. The number of ketones is 1. The number of Topliss-reactive ketones (excluding diaryl/α,β-unsaturated/α-hetero) is 1. The van der Waals surface area contributed by atoms with Crippen molar-refractivity contribution >= 4 is 23.3 Å². The van der Waals surface area contributed by atoms with Gasteiger partial charge in [-0.15, -0.1) is 0 Å². The van der Waals surface area contributed by atoms with E-state index in [9.17, 15) is 9.59 Å². The largest absolute Gasteiger partial charge is 0.352 e. The second kappa shape index (κ2) is 4.03. The van der Waals surface area contributed by atoms with Crippen molar-refractivity contribution in [2.75, 3.05) is 0 Å². The summed E-state index contributed by atoms with van der Waals surface area (Å²) in [5, 5.41) is 3.28. The zero-order chi connectivity index (χ0) is 10.8. The Kier molecular flexibility index (Phi) is 2.73. The minimum atomic E-state index is 0.0145. The van der Waals surface area contributed by atoms with E-state index < -0.39 is 0 Å². The molecule has 0 saturated carbocycles. The molecule has 1 fully saturated rings. The Bertz CT molecular complexity index is 392. The molecule has 1 atom stereocenters. The van der Waals surface area contributed by atoms with Crippen LogP contribution in [0.3, 0.4) is 0 Å². The van der Waals surface area contributed by atoms with E-state index >= 15 is 0 Å². The summed E-state index contributed by atoms with van der Waals surface area (Å²) in [6, 6.07) is 6.79.